The number of fused-ring (bicyclic) bond motifs is 4. The van der Waals surface area contributed by atoms with Crippen molar-refractivity contribution in [3.63, 3.8) is 0 Å². The smallest absolute Gasteiger partial charge is 0.262 e. The minimum Gasteiger partial charge on any atom is -0.497 e. The molecule has 0 aliphatic heterocycles. The highest BCUT2D eigenvalue weighted by atomic mass is 35.5. The lowest BCUT2D eigenvalue weighted by Crippen LogP contribution is -2.17. The van der Waals surface area contributed by atoms with Crippen molar-refractivity contribution in [2.24, 2.45) is 0 Å². The molecule has 0 spiro atoms. The SMILES string of the molecule is COc1ccc2c(c1)c(CC(=O)Nc1cc3cccnc3c3ncccc13)c(C)n2C(=O)c1ccc(Cl)cc1. The number of amides is 1. The van der Waals surface area contributed by atoms with Gasteiger partial charge in [0.2, 0.25) is 5.91 Å². The molecule has 0 aliphatic rings. The van der Waals surface area contributed by atoms with E-state index in [2.05, 4.69) is 15.3 Å². The summed E-state index contributed by atoms with van der Waals surface area (Å²) in [4.78, 5) is 36.1. The highest BCUT2D eigenvalue weighted by Gasteiger charge is 2.22. The van der Waals surface area contributed by atoms with Gasteiger partial charge in [0.25, 0.3) is 5.91 Å². The van der Waals surface area contributed by atoms with Gasteiger partial charge in [-0.15, -0.1) is 0 Å². The summed E-state index contributed by atoms with van der Waals surface area (Å²) in [6, 6.07) is 21.7. The maximum atomic E-state index is 13.6. The first-order chi connectivity index (χ1) is 18.9. The number of hydrogen-bond donors (Lipinski definition) is 1. The van der Waals surface area contributed by atoms with Gasteiger partial charge in [0, 0.05) is 44.8 Å². The Balaban J connectivity index is 1.41. The summed E-state index contributed by atoms with van der Waals surface area (Å²) in [7, 11) is 1.59. The number of methoxy groups -OCH3 is 1. The summed E-state index contributed by atoms with van der Waals surface area (Å²) in [6.45, 7) is 1.85. The molecule has 0 atom stereocenters. The van der Waals surface area contributed by atoms with E-state index >= 15 is 0 Å². The van der Waals surface area contributed by atoms with Gasteiger partial charge in [0.15, 0.2) is 0 Å². The Bertz CT molecular complexity index is 1910. The van der Waals surface area contributed by atoms with Gasteiger partial charge in [-0.25, -0.2) is 0 Å². The van der Waals surface area contributed by atoms with Crippen LogP contribution in [0.3, 0.4) is 0 Å². The van der Waals surface area contributed by atoms with Gasteiger partial charge in [-0.05, 0) is 79.2 Å². The first-order valence-electron chi connectivity index (χ1n) is 12.3. The number of carbonyl (C=O) groups is 2. The quantitative estimate of drug-likeness (QED) is 0.252. The number of ether oxygens (including phenoxy) is 1. The van der Waals surface area contributed by atoms with Crippen LogP contribution in [0.5, 0.6) is 5.75 Å². The standard InChI is InChI=1S/C31H23ClN4O3/c1-18-24(17-28(37)35-26-15-20-5-3-13-33-29(20)30-23(26)6-4-14-34-30)25-16-22(39-2)11-12-27(25)36(18)31(38)19-7-9-21(32)10-8-19/h3-16H,17H2,1-2H3,(H,35,37). The number of halogens is 1. The van der Waals surface area contributed by atoms with Crippen LogP contribution >= 0.6 is 11.6 Å². The average molecular weight is 535 g/mol. The van der Waals surface area contributed by atoms with Crippen molar-refractivity contribution < 1.29 is 14.3 Å². The molecule has 6 aromatic rings. The van der Waals surface area contributed by atoms with Crippen LogP contribution in [-0.4, -0.2) is 33.5 Å². The zero-order valence-electron chi connectivity index (χ0n) is 21.2. The summed E-state index contributed by atoms with van der Waals surface area (Å²) in [5.41, 5.74) is 4.77. The highest BCUT2D eigenvalue weighted by Crippen LogP contribution is 2.32. The molecule has 0 unspecified atom stereocenters. The molecule has 0 bridgehead atoms. The van der Waals surface area contributed by atoms with Crippen LogP contribution in [0.4, 0.5) is 5.69 Å². The number of nitrogens with zero attached hydrogens (tertiary/aromatic N) is 3. The third-order valence-corrected chi connectivity index (χ3v) is 7.16. The molecule has 3 aromatic carbocycles. The summed E-state index contributed by atoms with van der Waals surface area (Å²) in [5, 5.41) is 6.08. The van der Waals surface area contributed by atoms with Crippen LogP contribution < -0.4 is 10.1 Å². The highest BCUT2D eigenvalue weighted by molar-refractivity contribution is 6.30. The lowest BCUT2D eigenvalue weighted by Gasteiger charge is -2.11. The van der Waals surface area contributed by atoms with Crippen LogP contribution in [0.25, 0.3) is 32.7 Å². The monoisotopic (exact) mass is 534 g/mol. The van der Waals surface area contributed by atoms with E-state index in [1.54, 1.807) is 54.4 Å². The van der Waals surface area contributed by atoms with E-state index in [-0.39, 0.29) is 18.2 Å². The van der Waals surface area contributed by atoms with Gasteiger partial charge in [-0.2, -0.15) is 0 Å². The van der Waals surface area contributed by atoms with Gasteiger partial charge in [0.1, 0.15) is 5.75 Å². The maximum absolute atomic E-state index is 13.6. The van der Waals surface area contributed by atoms with Crippen molar-refractivity contribution in [1.29, 1.82) is 0 Å². The Kier molecular flexibility index (Phi) is 6.21. The molecule has 0 aliphatic carbocycles. The van der Waals surface area contributed by atoms with Crippen LogP contribution in [0, 0.1) is 6.92 Å². The van der Waals surface area contributed by atoms with Crippen molar-refractivity contribution in [2.45, 2.75) is 13.3 Å². The van der Waals surface area contributed by atoms with Crippen molar-refractivity contribution in [2.75, 3.05) is 12.4 Å². The predicted octanol–water partition coefficient (Wildman–Crippen LogP) is 6.58. The van der Waals surface area contributed by atoms with Crippen molar-refractivity contribution in [3.8, 4) is 5.75 Å². The Morgan fingerprint density at radius 3 is 2.44 bits per heavy atom. The van der Waals surface area contributed by atoms with Gasteiger partial charge in [0.05, 0.1) is 35.8 Å². The Hall–Kier alpha value is -4.75. The molecule has 0 saturated heterocycles. The molecule has 3 aromatic heterocycles. The first-order valence-corrected chi connectivity index (χ1v) is 12.7. The largest absolute Gasteiger partial charge is 0.497 e. The van der Waals surface area contributed by atoms with Crippen molar-refractivity contribution >= 4 is 61.8 Å². The third-order valence-electron chi connectivity index (χ3n) is 6.91. The lowest BCUT2D eigenvalue weighted by molar-refractivity contribution is -0.115. The summed E-state index contributed by atoms with van der Waals surface area (Å²) >= 11 is 6.03. The normalized spacial score (nSPS) is 11.3. The number of rotatable bonds is 5. The molecule has 3 heterocycles. The van der Waals surface area contributed by atoms with E-state index in [1.807, 2.05) is 49.4 Å². The number of pyridine rings is 2. The maximum Gasteiger partial charge on any atom is 0.262 e. The van der Waals surface area contributed by atoms with Crippen molar-refractivity contribution in [1.82, 2.24) is 14.5 Å². The predicted molar refractivity (Wildman–Crippen MR) is 154 cm³/mol. The molecule has 1 N–H and O–H groups in total. The van der Waals surface area contributed by atoms with Crippen LogP contribution in [0.15, 0.2) is 85.2 Å². The number of aromatic nitrogens is 3. The Morgan fingerprint density at radius 2 is 1.67 bits per heavy atom. The van der Waals surface area contributed by atoms with Gasteiger partial charge >= 0.3 is 0 Å². The molecule has 6 rings (SSSR count). The van der Waals surface area contributed by atoms with E-state index in [4.69, 9.17) is 16.3 Å². The fraction of sp³-hybridized carbons (Fsp3) is 0.0968. The summed E-state index contributed by atoms with van der Waals surface area (Å²) < 4.78 is 7.09. The second kappa shape index (κ2) is 9.85. The van der Waals surface area contributed by atoms with Gasteiger partial charge in [-0.1, -0.05) is 17.7 Å². The summed E-state index contributed by atoms with van der Waals surface area (Å²) in [5.74, 6) is 0.219. The zero-order chi connectivity index (χ0) is 27.1. The molecular formula is C31H23ClN4O3. The Labute approximate surface area is 229 Å². The molecule has 192 valence electrons. The number of carbonyl (C=O) groups excluding carboxylic acids is 2. The first kappa shape index (κ1) is 24.6. The number of hydrogen-bond acceptors (Lipinski definition) is 5. The minimum atomic E-state index is -0.215. The molecule has 8 heteroatoms. The molecule has 39 heavy (non-hydrogen) atoms. The number of anilines is 1. The molecule has 1 amide bonds. The number of nitrogens with one attached hydrogen (secondary N) is 1. The van der Waals surface area contributed by atoms with Crippen molar-refractivity contribution in [3.05, 3.63) is 107 Å². The molecular weight excluding hydrogens is 512 g/mol. The number of benzene rings is 3. The fourth-order valence-corrected chi connectivity index (χ4v) is 5.16. The summed E-state index contributed by atoms with van der Waals surface area (Å²) in [6.07, 6.45) is 3.50. The van der Waals surface area contributed by atoms with E-state index in [1.165, 1.54) is 0 Å². The molecule has 0 radical (unpaired) electrons. The molecule has 7 nitrogen and oxygen atoms in total. The molecule has 0 saturated carbocycles. The molecule has 0 fully saturated rings. The van der Waals surface area contributed by atoms with Crippen LogP contribution in [-0.2, 0) is 11.2 Å². The topological polar surface area (TPSA) is 86.1 Å². The van der Waals surface area contributed by atoms with E-state index in [0.717, 1.165) is 32.8 Å². The van der Waals surface area contributed by atoms with E-state index < -0.39 is 0 Å². The lowest BCUT2D eigenvalue weighted by atomic mass is 10.1. The van der Waals surface area contributed by atoms with Crippen LogP contribution in [0.2, 0.25) is 5.02 Å². The average Bonchev–Trinajstić information content (AvgIpc) is 3.23. The van der Waals surface area contributed by atoms with E-state index in [9.17, 15) is 9.59 Å². The van der Waals surface area contributed by atoms with Gasteiger partial charge in [-0.3, -0.25) is 24.1 Å². The van der Waals surface area contributed by atoms with Gasteiger partial charge < -0.3 is 10.1 Å². The Morgan fingerprint density at radius 1 is 0.923 bits per heavy atom. The zero-order valence-corrected chi connectivity index (χ0v) is 22.0. The third kappa shape index (κ3) is 4.36. The van der Waals surface area contributed by atoms with Crippen LogP contribution in [0.1, 0.15) is 21.6 Å². The minimum absolute atomic E-state index is 0.0588. The second-order valence-corrected chi connectivity index (χ2v) is 9.65. The fourth-order valence-electron chi connectivity index (χ4n) is 5.03. The van der Waals surface area contributed by atoms with E-state index in [0.29, 0.717) is 33.2 Å². The second-order valence-electron chi connectivity index (χ2n) is 9.22.